The van der Waals surface area contributed by atoms with Crippen LogP contribution in [0, 0.1) is 0 Å². The van der Waals surface area contributed by atoms with E-state index in [4.69, 9.17) is 30.6 Å². The normalized spacial score (nSPS) is 12.6. The van der Waals surface area contributed by atoms with Gasteiger partial charge in [0.1, 0.15) is 0 Å². The van der Waals surface area contributed by atoms with E-state index in [0.29, 0.717) is 38.9 Å². The van der Waals surface area contributed by atoms with Gasteiger partial charge >= 0.3 is 17.9 Å². The zero-order valence-electron chi connectivity index (χ0n) is 47.2. The Labute approximate surface area is 447 Å². The fourth-order valence-electron chi connectivity index (χ4n) is 7.85. The van der Waals surface area contributed by atoms with E-state index < -0.39 is 17.9 Å². The van der Waals surface area contributed by atoms with E-state index in [2.05, 4.69) is 57.2 Å². The highest BCUT2D eigenvalue weighted by Gasteiger charge is 2.04. The molecule has 0 aromatic rings. The molecule has 0 aliphatic rings. The fourth-order valence-corrected chi connectivity index (χ4v) is 7.85. The van der Waals surface area contributed by atoms with E-state index >= 15 is 0 Å². The molecule has 0 rings (SSSR count). The van der Waals surface area contributed by atoms with Crippen LogP contribution < -0.4 is 0 Å². The number of aliphatic carboxylic acids is 3. The van der Waals surface area contributed by atoms with Crippen molar-refractivity contribution in [1.82, 2.24) is 4.90 Å². The summed E-state index contributed by atoms with van der Waals surface area (Å²) in [6, 6.07) is 0. The van der Waals surface area contributed by atoms with Crippen molar-refractivity contribution in [3.8, 4) is 0 Å². The Morgan fingerprint density at radius 3 is 0.808 bits per heavy atom. The predicted octanol–water partition coefficient (Wildman–Crippen LogP) is 13.5. The van der Waals surface area contributed by atoms with Crippen molar-refractivity contribution in [1.29, 1.82) is 0 Å². The van der Waals surface area contributed by atoms with Gasteiger partial charge in [-0.05, 0) is 96.3 Å². The summed E-state index contributed by atoms with van der Waals surface area (Å²) < 4.78 is 0. The molecule has 0 fully saturated rings. The number of hydrogen-bond acceptors (Lipinski definition) is 10. The van der Waals surface area contributed by atoms with Gasteiger partial charge in [-0.1, -0.05) is 192 Å². The molecule has 0 saturated carbocycles. The molecule has 0 aliphatic carbocycles. The minimum Gasteiger partial charge on any atom is -0.481 e. The second kappa shape index (κ2) is 67.4. The molecule has 0 heterocycles. The number of carboxylic acid groups (broad SMARTS) is 3. The summed E-state index contributed by atoms with van der Waals surface area (Å²) >= 11 is 0. The molecule has 13 nitrogen and oxygen atoms in total. The van der Waals surface area contributed by atoms with Crippen molar-refractivity contribution in [3.05, 3.63) is 36.5 Å². The van der Waals surface area contributed by atoms with Gasteiger partial charge in [-0.3, -0.25) is 19.3 Å². The average molecular weight is 1040 g/mol. The topological polar surface area (TPSA) is 237 Å². The van der Waals surface area contributed by atoms with Crippen molar-refractivity contribution >= 4 is 17.9 Å². The van der Waals surface area contributed by atoms with Crippen LogP contribution in [0.2, 0.25) is 0 Å². The van der Waals surface area contributed by atoms with Gasteiger partial charge in [0.25, 0.3) is 0 Å². The van der Waals surface area contributed by atoms with E-state index in [9.17, 15) is 29.7 Å². The monoisotopic (exact) mass is 1040 g/mol. The summed E-state index contributed by atoms with van der Waals surface area (Å²) in [6.07, 6.45) is 52.1. The fraction of sp³-hybridized carbons (Fsp3) is 0.850. The van der Waals surface area contributed by atoms with Gasteiger partial charge in [-0.2, -0.15) is 0 Å². The summed E-state index contributed by atoms with van der Waals surface area (Å²) in [5.41, 5.74) is 0. The highest BCUT2D eigenvalue weighted by molar-refractivity contribution is 5.67. The Bertz CT molecular complexity index is 1060. The van der Waals surface area contributed by atoms with Crippen LogP contribution in [-0.4, -0.2) is 127 Å². The van der Waals surface area contributed by atoms with Gasteiger partial charge in [0, 0.05) is 38.9 Å². The SMILES string of the molecule is CCCCCC[C@@H](O)CC=CCCCCCCCC(=O)O.CCCCCC[C@@H](O)CC=CCCCCCCCC(=O)O.CCCCCC[C@@H](O)CC=CCCCCCCCC(=O)O.OCCN(CCO)CCO. The Morgan fingerprint density at radius 1 is 0.342 bits per heavy atom. The molecule has 0 aromatic heterocycles. The molecule has 0 amide bonds. The lowest BCUT2D eigenvalue weighted by molar-refractivity contribution is -0.138. The lowest BCUT2D eigenvalue weighted by atomic mass is 10.1. The average Bonchev–Trinajstić information content (AvgIpc) is 3.35. The van der Waals surface area contributed by atoms with Gasteiger partial charge in [-0.25, -0.2) is 0 Å². The van der Waals surface area contributed by atoms with E-state index in [0.717, 1.165) is 154 Å². The first-order valence-electron chi connectivity index (χ1n) is 29.5. The van der Waals surface area contributed by atoms with E-state index in [1.165, 1.54) is 77.0 Å². The quantitative estimate of drug-likeness (QED) is 0.0204. The molecule has 0 saturated heterocycles. The first kappa shape index (κ1) is 76.9. The molecule has 73 heavy (non-hydrogen) atoms. The first-order chi connectivity index (χ1) is 35.3. The van der Waals surface area contributed by atoms with Crippen molar-refractivity contribution in [2.24, 2.45) is 0 Å². The summed E-state index contributed by atoms with van der Waals surface area (Å²) in [5.74, 6) is -2.07. The van der Waals surface area contributed by atoms with Crippen molar-refractivity contribution in [2.45, 2.75) is 289 Å². The Balaban J connectivity index is -0.000000447. The molecule has 0 aliphatic heterocycles. The summed E-state index contributed by atoms with van der Waals surface area (Å²) in [7, 11) is 0. The maximum absolute atomic E-state index is 10.3. The molecule has 0 unspecified atom stereocenters. The molecule has 9 N–H and O–H groups in total. The van der Waals surface area contributed by atoms with Crippen molar-refractivity contribution in [2.75, 3.05) is 39.5 Å². The highest BCUT2D eigenvalue weighted by Crippen LogP contribution is 2.14. The zero-order valence-corrected chi connectivity index (χ0v) is 47.2. The van der Waals surface area contributed by atoms with E-state index in [1.807, 2.05) is 0 Å². The highest BCUT2D eigenvalue weighted by atomic mass is 16.4. The van der Waals surface area contributed by atoms with Crippen LogP contribution in [0.4, 0.5) is 0 Å². The van der Waals surface area contributed by atoms with Gasteiger partial charge in [0.2, 0.25) is 0 Å². The molecule has 0 spiro atoms. The molecule has 434 valence electrons. The minimum absolute atomic E-state index is 0.0694. The first-order valence-corrected chi connectivity index (χ1v) is 29.5. The summed E-state index contributed by atoms with van der Waals surface area (Å²) in [4.78, 5) is 32.8. The second-order valence-electron chi connectivity index (χ2n) is 19.7. The number of carboxylic acids is 3. The Morgan fingerprint density at radius 2 is 0.575 bits per heavy atom. The number of allylic oxidation sites excluding steroid dienone is 3. The third-order valence-electron chi connectivity index (χ3n) is 12.4. The van der Waals surface area contributed by atoms with Gasteiger partial charge in [0.15, 0.2) is 0 Å². The number of aliphatic hydroxyl groups excluding tert-OH is 6. The van der Waals surface area contributed by atoms with Crippen LogP contribution in [0.25, 0.3) is 0 Å². The van der Waals surface area contributed by atoms with Gasteiger partial charge < -0.3 is 46.0 Å². The number of aliphatic hydroxyl groups is 6. The zero-order chi connectivity index (χ0) is 55.1. The summed E-state index contributed by atoms with van der Waals surface area (Å²) in [5, 5.41) is 80.4. The third-order valence-corrected chi connectivity index (χ3v) is 12.4. The van der Waals surface area contributed by atoms with Crippen LogP contribution in [0.1, 0.15) is 271 Å². The Hall–Kier alpha value is -2.65. The van der Waals surface area contributed by atoms with Crippen LogP contribution in [0.5, 0.6) is 0 Å². The molecular formula is C60H117NO12. The summed E-state index contributed by atoms with van der Waals surface area (Å²) in [6.45, 7) is 8.35. The molecule has 13 heteroatoms. The number of rotatable bonds is 51. The number of unbranched alkanes of at least 4 members (excludes halogenated alkanes) is 24. The smallest absolute Gasteiger partial charge is 0.303 e. The van der Waals surface area contributed by atoms with Gasteiger partial charge in [0.05, 0.1) is 38.1 Å². The molecule has 0 aromatic carbocycles. The molecule has 3 atom stereocenters. The second-order valence-corrected chi connectivity index (χ2v) is 19.7. The standard InChI is InChI=1S/3C18H34O3.C6H15NO3/c3*1-2-3-4-11-14-17(19)15-12-9-7-5-6-8-10-13-16-18(20)21;8-4-1-7(2-5-9)3-6-10/h3*9,12,17,19H,2-8,10-11,13-16H2,1H3,(H,20,21);8-10H,1-6H2/t3*17-;/m111./s1. The maximum Gasteiger partial charge on any atom is 0.303 e. The van der Waals surface area contributed by atoms with E-state index in [-0.39, 0.29) is 38.1 Å². The minimum atomic E-state index is -0.689. The molecule has 0 radical (unpaired) electrons. The molecule has 0 bridgehead atoms. The lowest BCUT2D eigenvalue weighted by Gasteiger charge is -2.17. The predicted molar refractivity (Wildman–Crippen MR) is 303 cm³/mol. The number of hydrogen-bond donors (Lipinski definition) is 9. The Kier molecular flexibility index (Phi) is 70.9. The van der Waals surface area contributed by atoms with Crippen molar-refractivity contribution < 1.29 is 60.3 Å². The van der Waals surface area contributed by atoms with Crippen LogP contribution in [0.15, 0.2) is 36.5 Å². The van der Waals surface area contributed by atoms with Crippen molar-refractivity contribution in [3.63, 3.8) is 0 Å². The number of nitrogens with zero attached hydrogens (tertiary/aromatic N) is 1. The van der Waals surface area contributed by atoms with Crippen LogP contribution in [0.3, 0.4) is 0 Å². The largest absolute Gasteiger partial charge is 0.481 e. The third kappa shape index (κ3) is 78.4. The lowest BCUT2D eigenvalue weighted by Crippen LogP contribution is -2.32. The number of carbonyl (C=O) groups is 3. The van der Waals surface area contributed by atoms with Gasteiger partial charge in [-0.15, -0.1) is 0 Å². The van der Waals surface area contributed by atoms with Crippen LogP contribution >= 0.6 is 0 Å². The van der Waals surface area contributed by atoms with E-state index in [1.54, 1.807) is 4.90 Å². The maximum atomic E-state index is 10.3. The van der Waals surface area contributed by atoms with Crippen LogP contribution in [-0.2, 0) is 14.4 Å². The molecular weight excluding hydrogens is 927 g/mol.